The number of rotatable bonds is 5. The first kappa shape index (κ1) is 18.5. The maximum Gasteiger partial charge on any atom is 0.231 e. The van der Waals surface area contributed by atoms with Crippen LogP contribution in [0.1, 0.15) is 5.56 Å². The molecule has 1 saturated carbocycles. The molecule has 1 unspecified atom stereocenters. The SMILES string of the molecule is Fc1ccc(F)c(-c2ccc(NC3[C@H]4CN(Cc5ccc6c(c5)OCO6)C[C@@H]34)nn2)c1. The topological polar surface area (TPSA) is 59.5 Å². The van der Waals surface area contributed by atoms with Gasteiger partial charge >= 0.3 is 0 Å². The van der Waals surface area contributed by atoms with Crippen LogP contribution in [0.2, 0.25) is 0 Å². The van der Waals surface area contributed by atoms with Crippen molar-refractivity contribution in [3.63, 3.8) is 0 Å². The van der Waals surface area contributed by atoms with E-state index in [0.717, 1.165) is 49.3 Å². The zero-order valence-corrected chi connectivity index (χ0v) is 16.6. The second kappa shape index (κ2) is 7.16. The van der Waals surface area contributed by atoms with Crippen LogP contribution in [0.5, 0.6) is 11.5 Å². The lowest BCUT2D eigenvalue weighted by Gasteiger charge is -2.20. The molecule has 1 N–H and O–H groups in total. The van der Waals surface area contributed by atoms with Crippen LogP contribution in [0.4, 0.5) is 14.6 Å². The molecule has 3 heterocycles. The van der Waals surface area contributed by atoms with Crippen LogP contribution in [-0.4, -0.2) is 41.0 Å². The maximum absolute atomic E-state index is 13.9. The number of benzene rings is 2. The largest absolute Gasteiger partial charge is 0.454 e. The van der Waals surface area contributed by atoms with E-state index in [1.165, 1.54) is 5.56 Å². The number of hydrogen-bond acceptors (Lipinski definition) is 6. The average Bonchev–Trinajstić information content (AvgIpc) is 3.14. The molecule has 0 bridgehead atoms. The molecule has 2 aromatic carbocycles. The van der Waals surface area contributed by atoms with Crippen LogP contribution < -0.4 is 14.8 Å². The zero-order valence-electron chi connectivity index (χ0n) is 16.6. The average molecular weight is 422 g/mol. The molecule has 2 aliphatic heterocycles. The first-order valence-corrected chi connectivity index (χ1v) is 10.3. The summed E-state index contributed by atoms with van der Waals surface area (Å²) in [6, 6.07) is 13.2. The van der Waals surface area contributed by atoms with E-state index in [4.69, 9.17) is 9.47 Å². The molecule has 3 aromatic rings. The van der Waals surface area contributed by atoms with E-state index in [1.54, 1.807) is 12.1 Å². The quantitative estimate of drug-likeness (QED) is 0.677. The monoisotopic (exact) mass is 422 g/mol. The number of hydrogen-bond donors (Lipinski definition) is 1. The molecule has 3 aliphatic rings. The number of anilines is 1. The number of nitrogens with one attached hydrogen (secondary N) is 1. The summed E-state index contributed by atoms with van der Waals surface area (Å²) >= 11 is 0. The second-order valence-corrected chi connectivity index (χ2v) is 8.31. The highest BCUT2D eigenvalue weighted by molar-refractivity contribution is 5.60. The van der Waals surface area contributed by atoms with Crippen molar-refractivity contribution in [1.82, 2.24) is 15.1 Å². The molecule has 8 heteroatoms. The molecule has 0 amide bonds. The molecular weight excluding hydrogens is 402 g/mol. The smallest absolute Gasteiger partial charge is 0.231 e. The van der Waals surface area contributed by atoms with Crippen molar-refractivity contribution in [1.29, 1.82) is 0 Å². The highest BCUT2D eigenvalue weighted by atomic mass is 19.1. The number of nitrogens with zero attached hydrogens (tertiary/aromatic N) is 3. The van der Waals surface area contributed by atoms with Gasteiger partial charge in [-0.3, -0.25) is 4.90 Å². The number of likely N-dealkylation sites (tertiary alicyclic amines) is 1. The van der Waals surface area contributed by atoms with Gasteiger partial charge in [0.25, 0.3) is 0 Å². The van der Waals surface area contributed by atoms with E-state index >= 15 is 0 Å². The van der Waals surface area contributed by atoms with Crippen molar-refractivity contribution in [2.45, 2.75) is 12.6 Å². The fourth-order valence-electron chi connectivity index (χ4n) is 4.67. The highest BCUT2D eigenvalue weighted by Crippen LogP contribution is 2.47. The first-order chi connectivity index (χ1) is 15.1. The van der Waals surface area contributed by atoms with Gasteiger partial charge in [-0.25, -0.2) is 8.78 Å². The molecule has 1 aromatic heterocycles. The van der Waals surface area contributed by atoms with Gasteiger partial charge in [0.15, 0.2) is 11.5 Å². The van der Waals surface area contributed by atoms with Crippen LogP contribution >= 0.6 is 0 Å². The van der Waals surface area contributed by atoms with Gasteiger partial charge in [0, 0.05) is 31.2 Å². The number of piperidine rings is 1. The highest BCUT2D eigenvalue weighted by Gasteiger charge is 2.55. The van der Waals surface area contributed by atoms with Gasteiger partial charge in [-0.2, -0.15) is 0 Å². The van der Waals surface area contributed by atoms with Crippen molar-refractivity contribution in [3.8, 4) is 22.8 Å². The van der Waals surface area contributed by atoms with E-state index < -0.39 is 11.6 Å². The molecule has 6 rings (SSSR count). The number of aromatic nitrogens is 2. The minimum absolute atomic E-state index is 0.113. The van der Waals surface area contributed by atoms with Crippen molar-refractivity contribution < 1.29 is 18.3 Å². The van der Waals surface area contributed by atoms with E-state index in [1.807, 2.05) is 6.07 Å². The summed E-state index contributed by atoms with van der Waals surface area (Å²) in [5.41, 5.74) is 1.65. The van der Waals surface area contributed by atoms with Crippen molar-refractivity contribution in [3.05, 3.63) is 65.7 Å². The van der Waals surface area contributed by atoms with Gasteiger partial charge in [-0.15, -0.1) is 10.2 Å². The minimum Gasteiger partial charge on any atom is -0.454 e. The molecule has 6 nitrogen and oxygen atoms in total. The van der Waals surface area contributed by atoms with Crippen molar-refractivity contribution >= 4 is 5.82 Å². The summed E-state index contributed by atoms with van der Waals surface area (Å²) in [6.07, 6.45) is 0. The third-order valence-corrected chi connectivity index (χ3v) is 6.30. The van der Waals surface area contributed by atoms with Gasteiger partial charge < -0.3 is 14.8 Å². The lowest BCUT2D eigenvalue weighted by Crippen LogP contribution is -2.27. The summed E-state index contributed by atoms with van der Waals surface area (Å²) in [5, 5.41) is 11.7. The van der Waals surface area contributed by atoms with Gasteiger partial charge in [0.05, 0.1) is 5.69 Å². The number of fused-ring (bicyclic) bond motifs is 2. The predicted molar refractivity (Wildman–Crippen MR) is 110 cm³/mol. The van der Waals surface area contributed by atoms with Gasteiger partial charge in [0.2, 0.25) is 6.79 Å². The van der Waals surface area contributed by atoms with E-state index in [2.05, 4.69) is 32.5 Å². The molecule has 158 valence electrons. The summed E-state index contributed by atoms with van der Waals surface area (Å²) < 4.78 is 38.2. The second-order valence-electron chi connectivity index (χ2n) is 8.31. The summed E-state index contributed by atoms with van der Waals surface area (Å²) in [7, 11) is 0. The third-order valence-electron chi connectivity index (χ3n) is 6.30. The minimum atomic E-state index is -0.518. The Morgan fingerprint density at radius 3 is 2.58 bits per heavy atom. The Morgan fingerprint density at radius 2 is 1.77 bits per heavy atom. The molecular formula is C23H20F2N4O2. The number of ether oxygens (including phenoxy) is 2. The third kappa shape index (κ3) is 3.46. The molecule has 2 fully saturated rings. The van der Waals surface area contributed by atoms with Crippen LogP contribution in [0.3, 0.4) is 0 Å². The maximum atomic E-state index is 13.9. The standard InChI is InChI=1S/C23H20F2N4O2/c24-14-2-3-18(25)15(8-14)19-4-6-22(28-27-19)26-23-16-10-29(11-17(16)23)9-13-1-5-20-21(7-13)31-12-30-20/h1-8,16-17,23H,9-12H2,(H,26,28)/t16-,17+,23?. The van der Waals surface area contributed by atoms with E-state index in [9.17, 15) is 8.78 Å². The lowest BCUT2D eigenvalue weighted by molar-refractivity contribution is 0.174. The Hall–Kier alpha value is -3.26. The summed E-state index contributed by atoms with van der Waals surface area (Å²) in [5.74, 6) is 2.42. The Labute approximate surface area is 177 Å². The summed E-state index contributed by atoms with van der Waals surface area (Å²) in [4.78, 5) is 2.45. The molecule has 0 radical (unpaired) electrons. The molecule has 31 heavy (non-hydrogen) atoms. The molecule has 0 spiro atoms. The first-order valence-electron chi connectivity index (χ1n) is 10.3. The Bertz CT molecular complexity index is 1130. The fraction of sp³-hybridized carbons (Fsp3) is 0.304. The molecule has 3 atom stereocenters. The van der Waals surface area contributed by atoms with Gasteiger partial charge in [-0.1, -0.05) is 6.07 Å². The van der Waals surface area contributed by atoms with E-state index in [0.29, 0.717) is 36.2 Å². The van der Waals surface area contributed by atoms with Gasteiger partial charge in [0.1, 0.15) is 17.5 Å². The normalized spacial score (nSPS) is 23.6. The van der Waals surface area contributed by atoms with Gasteiger partial charge in [-0.05, 0) is 59.9 Å². The van der Waals surface area contributed by atoms with Crippen molar-refractivity contribution in [2.75, 3.05) is 25.2 Å². The number of halogens is 2. The Balaban J connectivity index is 1.05. The van der Waals surface area contributed by atoms with Crippen LogP contribution in [0, 0.1) is 23.5 Å². The van der Waals surface area contributed by atoms with E-state index in [-0.39, 0.29) is 5.56 Å². The van der Waals surface area contributed by atoms with Crippen LogP contribution in [-0.2, 0) is 6.54 Å². The molecule has 1 aliphatic carbocycles. The fourth-order valence-corrected chi connectivity index (χ4v) is 4.67. The van der Waals surface area contributed by atoms with Crippen LogP contribution in [0.25, 0.3) is 11.3 Å². The zero-order chi connectivity index (χ0) is 20.9. The van der Waals surface area contributed by atoms with Crippen LogP contribution in [0.15, 0.2) is 48.5 Å². The summed E-state index contributed by atoms with van der Waals surface area (Å²) in [6.45, 7) is 3.23. The van der Waals surface area contributed by atoms with Crippen molar-refractivity contribution in [2.24, 2.45) is 11.8 Å². The Morgan fingerprint density at radius 1 is 0.935 bits per heavy atom. The predicted octanol–water partition coefficient (Wildman–Crippen LogP) is 3.69. The Kier molecular flexibility index (Phi) is 4.27. The molecule has 1 saturated heterocycles. The lowest BCUT2D eigenvalue weighted by atomic mass is 10.1.